The number of nitrogens with one attached hydrogen (secondary N) is 1. The number of ether oxygens (including phenoxy) is 1. The Kier molecular flexibility index (Phi) is 6.10. The highest BCUT2D eigenvalue weighted by molar-refractivity contribution is 5.68. The van der Waals surface area contributed by atoms with Gasteiger partial charge in [0.15, 0.2) is 0 Å². The molecule has 1 fully saturated rings. The molecule has 23 heavy (non-hydrogen) atoms. The number of hydrogen-bond acceptors (Lipinski definition) is 4. The molecule has 1 aromatic rings. The number of nitrogens with zero attached hydrogens (tertiary/aromatic N) is 1. The van der Waals surface area contributed by atoms with Crippen LogP contribution in [0, 0.1) is 5.92 Å². The molecule has 1 aliphatic rings. The van der Waals surface area contributed by atoms with Gasteiger partial charge in [-0.2, -0.15) is 0 Å². The topological polar surface area (TPSA) is 54.7 Å². The minimum Gasteiger partial charge on any atom is -0.469 e. The molecular weight excluding hydrogens is 292 g/mol. The minimum atomic E-state index is -0.419. The second-order valence-corrected chi connectivity index (χ2v) is 7.51. The van der Waals surface area contributed by atoms with Gasteiger partial charge in [0.25, 0.3) is 0 Å². The maximum atomic E-state index is 12.0. The van der Waals surface area contributed by atoms with Crippen molar-refractivity contribution in [2.75, 3.05) is 19.6 Å². The van der Waals surface area contributed by atoms with E-state index in [1.807, 2.05) is 37.8 Å². The van der Waals surface area contributed by atoms with Crippen LogP contribution in [0.2, 0.25) is 0 Å². The molecule has 0 aromatic carbocycles. The Morgan fingerprint density at radius 2 is 2.30 bits per heavy atom. The van der Waals surface area contributed by atoms with Crippen molar-refractivity contribution >= 4 is 6.09 Å². The molecule has 2 unspecified atom stereocenters. The fraction of sp³-hybridized carbons (Fsp3) is 0.722. The zero-order chi connectivity index (χ0) is 16.9. The molecule has 0 aliphatic carbocycles. The van der Waals surface area contributed by atoms with Gasteiger partial charge in [-0.05, 0) is 65.1 Å². The number of furan rings is 1. The molecule has 0 radical (unpaired) electrons. The van der Waals surface area contributed by atoms with E-state index >= 15 is 0 Å². The van der Waals surface area contributed by atoms with Gasteiger partial charge in [0.1, 0.15) is 11.4 Å². The Hall–Kier alpha value is -1.49. The lowest BCUT2D eigenvalue weighted by Gasteiger charge is -2.24. The molecule has 2 heterocycles. The van der Waals surface area contributed by atoms with E-state index in [1.165, 1.54) is 0 Å². The van der Waals surface area contributed by atoms with Crippen LogP contribution in [-0.4, -0.2) is 42.3 Å². The minimum absolute atomic E-state index is 0.181. The summed E-state index contributed by atoms with van der Waals surface area (Å²) in [5.41, 5.74) is -0.419. The van der Waals surface area contributed by atoms with Crippen LogP contribution in [0.25, 0.3) is 0 Å². The predicted octanol–water partition coefficient (Wildman–Crippen LogP) is 3.45. The third-order valence-corrected chi connectivity index (χ3v) is 4.07. The molecule has 0 bridgehead atoms. The summed E-state index contributed by atoms with van der Waals surface area (Å²) in [6.07, 6.45) is 4.59. The van der Waals surface area contributed by atoms with Crippen molar-refractivity contribution in [2.45, 2.75) is 58.6 Å². The molecule has 1 aromatic heterocycles. The van der Waals surface area contributed by atoms with Gasteiger partial charge in [-0.15, -0.1) is 0 Å². The highest BCUT2D eigenvalue weighted by Gasteiger charge is 2.29. The van der Waals surface area contributed by atoms with Crippen LogP contribution in [0.3, 0.4) is 0 Å². The first-order chi connectivity index (χ1) is 10.8. The van der Waals surface area contributed by atoms with Crippen molar-refractivity contribution in [2.24, 2.45) is 5.92 Å². The van der Waals surface area contributed by atoms with Gasteiger partial charge >= 0.3 is 6.09 Å². The second kappa shape index (κ2) is 7.86. The number of carbonyl (C=O) groups is 1. The summed E-state index contributed by atoms with van der Waals surface area (Å²) < 4.78 is 10.8. The normalized spacial score (nSPS) is 19.8. The summed E-state index contributed by atoms with van der Waals surface area (Å²) in [7, 11) is 0. The van der Waals surface area contributed by atoms with Crippen LogP contribution in [0.1, 0.15) is 46.3 Å². The quantitative estimate of drug-likeness (QED) is 0.871. The lowest BCUT2D eigenvalue weighted by Crippen LogP contribution is -2.35. The first-order valence-electron chi connectivity index (χ1n) is 8.57. The summed E-state index contributed by atoms with van der Waals surface area (Å²) in [5.74, 6) is 1.58. The Bertz CT molecular complexity index is 479. The van der Waals surface area contributed by atoms with Crippen LogP contribution in [-0.2, 0) is 11.2 Å². The molecule has 1 amide bonds. The van der Waals surface area contributed by atoms with Crippen molar-refractivity contribution in [3.8, 4) is 0 Å². The largest absolute Gasteiger partial charge is 0.469 e. The molecule has 1 N–H and O–H groups in total. The van der Waals surface area contributed by atoms with E-state index in [4.69, 9.17) is 9.15 Å². The monoisotopic (exact) mass is 322 g/mol. The average Bonchev–Trinajstić information content (AvgIpc) is 3.08. The summed E-state index contributed by atoms with van der Waals surface area (Å²) in [6, 6.07) is 4.32. The van der Waals surface area contributed by atoms with E-state index in [0.717, 1.165) is 44.7 Å². The van der Waals surface area contributed by atoms with Crippen LogP contribution < -0.4 is 5.32 Å². The number of hydrogen-bond donors (Lipinski definition) is 1. The van der Waals surface area contributed by atoms with E-state index in [2.05, 4.69) is 12.2 Å². The molecule has 1 aliphatic heterocycles. The molecule has 1 saturated heterocycles. The summed E-state index contributed by atoms with van der Waals surface area (Å²) in [4.78, 5) is 13.9. The average molecular weight is 322 g/mol. The SMILES string of the molecule is CC(Cc1ccco1)NCCC1CCN(C(=O)OC(C)(C)C)C1. The summed E-state index contributed by atoms with van der Waals surface area (Å²) >= 11 is 0. The third-order valence-electron chi connectivity index (χ3n) is 4.07. The molecule has 2 atom stereocenters. The molecular formula is C18H30N2O3. The fourth-order valence-corrected chi connectivity index (χ4v) is 2.90. The summed E-state index contributed by atoms with van der Waals surface area (Å²) in [5, 5.41) is 3.54. The molecule has 0 saturated carbocycles. The highest BCUT2D eigenvalue weighted by Crippen LogP contribution is 2.21. The molecule has 130 valence electrons. The Labute approximate surface area is 139 Å². The van der Waals surface area contributed by atoms with Gasteiger partial charge in [-0.1, -0.05) is 0 Å². The summed E-state index contributed by atoms with van der Waals surface area (Å²) in [6.45, 7) is 10.5. The lowest BCUT2D eigenvalue weighted by atomic mass is 10.0. The Morgan fingerprint density at radius 1 is 1.52 bits per heavy atom. The van der Waals surface area contributed by atoms with E-state index in [9.17, 15) is 4.79 Å². The van der Waals surface area contributed by atoms with Crippen LogP contribution in [0.5, 0.6) is 0 Å². The van der Waals surface area contributed by atoms with Crippen LogP contribution in [0.15, 0.2) is 22.8 Å². The van der Waals surface area contributed by atoms with Gasteiger partial charge in [-0.25, -0.2) is 4.79 Å². The Morgan fingerprint density at radius 3 is 2.96 bits per heavy atom. The number of carbonyl (C=O) groups excluding carboxylic acids is 1. The van der Waals surface area contributed by atoms with Gasteiger partial charge in [0.05, 0.1) is 6.26 Å². The fourth-order valence-electron chi connectivity index (χ4n) is 2.90. The third kappa shape index (κ3) is 6.26. The van der Waals surface area contributed by atoms with Crippen molar-refractivity contribution in [3.05, 3.63) is 24.2 Å². The van der Waals surface area contributed by atoms with Crippen molar-refractivity contribution in [1.82, 2.24) is 10.2 Å². The smallest absolute Gasteiger partial charge is 0.410 e. The van der Waals surface area contributed by atoms with E-state index in [1.54, 1.807) is 6.26 Å². The standard InChI is InChI=1S/C18H30N2O3/c1-14(12-16-6-5-11-22-16)19-9-7-15-8-10-20(13-15)17(21)23-18(2,3)4/h5-6,11,14-15,19H,7-10,12-13H2,1-4H3. The zero-order valence-electron chi connectivity index (χ0n) is 14.8. The van der Waals surface area contributed by atoms with Crippen molar-refractivity contribution in [1.29, 1.82) is 0 Å². The molecule has 2 rings (SSSR count). The van der Waals surface area contributed by atoms with Crippen LogP contribution in [0.4, 0.5) is 4.79 Å². The first-order valence-corrected chi connectivity index (χ1v) is 8.57. The predicted molar refractivity (Wildman–Crippen MR) is 90.4 cm³/mol. The maximum absolute atomic E-state index is 12.0. The molecule has 0 spiro atoms. The molecule has 5 heteroatoms. The van der Waals surface area contributed by atoms with E-state index in [0.29, 0.717) is 12.0 Å². The lowest BCUT2D eigenvalue weighted by molar-refractivity contribution is 0.0287. The first kappa shape index (κ1) is 17.9. The second-order valence-electron chi connectivity index (χ2n) is 7.51. The highest BCUT2D eigenvalue weighted by atomic mass is 16.6. The number of amides is 1. The van der Waals surface area contributed by atoms with E-state index < -0.39 is 5.60 Å². The van der Waals surface area contributed by atoms with Gasteiger partial charge in [0.2, 0.25) is 0 Å². The van der Waals surface area contributed by atoms with Gasteiger partial charge in [-0.3, -0.25) is 0 Å². The molecule has 5 nitrogen and oxygen atoms in total. The maximum Gasteiger partial charge on any atom is 0.410 e. The Balaban J connectivity index is 1.63. The van der Waals surface area contributed by atoms with E-state index in [-0.39, 0.29) is 6.09 Å². The van der Waals surface area contributed by atoms with Crippen molar-refractivity contribution < 1.29 is 13.9 Å². The van der Waals surface area contributed by atoms with Crippen molar-refractivity contribution in [3.63, 3.8) is 0 Å². The van der Waals surface area contributed by atoms with Crippen LogP contribution >= 0.6 is 0 Å². The number of likely N-dealkylation sites (tertiary alicyclic amines) is 1. The number of rotatable bonds is 6. The van der Waals surface area contributed by atoms with Gasteiger partial charge < -0.3 is 19.4 Å². The zero-order valence-corrected chi connectivity index (χ0v) is 14.8. The van der Waals surface area contributed by atoms with Gasteiger partial charge in [0, 0.05) is 25.6 Å².